The number of pyridine rings is 1. The van der Waals surface area contributed by atoms with Crippen molar-refractivity contribution in [3.8, 4) is 0 Å². The molecular formula is C23H33N5O5. The Morgan fingerprint density at radius 2 is 2.03 bits per heavy atom. The van der Waals surface area contributed by atoms with Crippen LogP contribution < -0.4 is 10.6 Å². The van der Waals surface area contributed by atoms with Gasteiger partial charge in [0, 0.05) is 25.5 Å². The minimum absolute atomic E-state index is 0.0987. The summed E-state index contributed by atoms with van der Waals surface area (Å²) >= 11 is 0. The quantitative estimate of drug-likeness (QED) is 0.276. The molecule has 2 aliphatic rings. The Bertz CT molecular complexity index is 815. The second kappa shape index (κ2) is 12.3. The number of hydrogen-bond acceptors (Lipinski definition) is 6. The molecule has 1 aliphatic carbocycles. The van der Waals surface area contributed by atoms with Crippen LogP contribution in [0.15, 0.2) is 24.5 Å². The summed E-state index contributed by atoms with van der Waals surface area (Å²) in [7, 11) is 0. The molecule has 5 amide bonds. The minimum atomic E-state index is -0.740. The number of hydroxylamine groups is 2. The number of amides is 5. The van der Waals surface area contributed by atoms with Crippen molar-refractivity contribution >= 4 is 24.3 Å². The van der Waals surface area contributed by atoms with E-state index in [9.17, 15) is 24.4 Å². The van der Waals surface area contributed by atoms with Crippen LogP contribution in [0.25, 0.3) is 0 Å². The highest BCUT2D eigenvalue weighted by atomic mass is 16.5. The first-order valence-corrected chi connectivity index (χ1v) is 11.7. The van der Waals surface area contributed by atoms with E-state index in [1.54, 1.807) is 12.4 Å². The van der Waals surface area contributed by atoms with E-state index in [1.165, 1.54) is 4.90 Å². The van der Waals surface area contributed by atoms with Gasteiger partial charge in [0.15, 0.2) is 0 Å². The number of carbonyl (C=O) groups is 4. The van der Waals surface area contributed by atoms with E-state index in [1.807, 2.05) is 12.1 Å². The Morgan fingerprint density at radius 1 is 1.24 bits per heavy atom. The Hall–Kier alpha value is -3.01. The van der Waals surface area contributed by atoms with Gasteiger partial charge in [-0.3, -0.25) is 29.9 Å². The molecule has 10 nitrogen and oxygen atoms in total. The summed E-state index contributed by atoms with van der Waals surface area (Å²) in [6.45, 7) is 0.658. The molecule has 0 spiro atoms. The number of likely N-dealkylation sites (tertiary alicyclic amines) is 1. The molecule has 3 N–H and O–H groups in total. The average Bonchev–Trinajstić information content (AvgIpc) is 3.51. The van der Waals surface area contributed by atoms with Crippen LogP contribution in [0.1, 0.15) is 50.5 Å². The zero-order chi connectivity index (χ0) is 23.6. The number of carbonyl (C=O) groups excluding carboxylic acids is 4. The molecule has 0 radical (unpaired) electrons. The van der Waals surface area contributed by atoms with Gasteiger partial charge in [0.2, 0.25) is 12.3 Å². The van der Waals surface area contributed by atoms with Gasteiger partial charge in [-0.05, 0) is 43.2 Å². The lowest BCUT2D eigenvalue weighted by molar-refractivity contribution is -0.158. The number of aromatic nitrogens is 1. The summed E-state index contributed by atoms with van der Waals surface area (Å²) in [5.41, 5.74) is 0.971. The maximum Gasteiger partial charge on any atom is 0.321 e. The maximum absolute atomic E-state index is 13.3. The molecule has 2 atom stereocenters. The van der Waals surface area contributed by atoms with Crippen molar-refractivity contribution in [2.24, 2.45) is 11.8 Å². The third-order valence-electron chi connectivity index (χ3n) is 6.47. The summed E-state index contributed by atoms with van der Waals surface area (Å²) in [5, 5.41) is 15.2. The van der Waals surface area contributed by atoms with Crippen molar-refractivity contribution in [3.05, 3.63) is 30.1 Å². The molecule has 0 bridgehead atoms. The van der Waals surface area contributed by atoms with Crippen molar-refractivity contribution in [1.29, 1.82) is 0 Å². The van der Waals surface area contributed by atoms with Crippen LogP contribution in [0.3, 0.4) is 0 Å². The highest BCUT2D eigenvalue weighted by Gasteiger charge is 2.39. The van der Waals surface area contributed by atoms with Gasteiger partial charge in [-0.15, -0.1) is 0 Å². The molecule has 1 aromatic rings. The Kier molecular flexibility index (Phi) is 9.17. The van der Waals surface area contributed by atoms with E-state index in [4.69, 9.17) is 0 Å². The third kappa shape index (κ3) is 7.24. The standard InChI is InChI=1S/C23H33N5O5/c29-16-27(33)15-19(13-17-5-1-2-6-17)22(31)28-12-4-8-20(28)21(30)26-23(32)25-11-9-18-7-3-10-24-14-18/h3,7,10,14,16-17,19-20,33H,1-2,4-6,8-9,11-13,15H2,(H2,25,26,30,32)/t19-,20+/m1/s1. The molecule has 180 valence electrons. The van der Waals surface area contributed by atoms with Gasteiger partial charge >= 0.3 is 6.03 Å². The highest BCUT2D eigenvalue weighted by molar-refractivity contribution is 5.99. The zero-order valence-corrected chi connectivity index (χ0v) is 18.8. The second-order valence-corrected chi connectivity index (χ2v) is 8.86. The Balaban J connectivity index is 1.54. The average molecular weight is 460 g/mol. The van der Waals surface area contributed by atoms with Crippen LogP contribution in [0.2, 0.25) is 0 Å². The number of hydrogen-bond donors (Lipinski definition) is 3. The van der Waals surface area contributed by atoms with Gasteiger partial charge in [-0.1, -0.05) is 31.7 Å². The van der Waals surface area contributed by atoms with E-state index in [2.05, 4.69) is 15.6 Å². The van der Waals surface area contributed by atoms with E-state index in [0.717, 1.165) is 31.2 Å². The van der Waals surface area contributed by atoms with E-state index in [0.29, 0.717) is 56.2 Å². The number of urea groups is 1. The van der Waals surface area contributed by atoms with E-state index < -0.39 is 23.9 Å². The fourth-order valence-corrected chi connectivity index (χ4v) is 4.81. The van der Waals surface area contributed by atoms with Crippen LogP contribution >= 0.6 is 0 Å². The molecule has 2 fully saturated rings. The van der Waals surface area contributed by atoms with Crippen LogP contribution in [0.4, 0.5) is 4.79 Å². The molecule has 1 aromatic heterocycles. The summed E-state index contributed by atoms with van der Waals surface area (Å²) in [6, 6.07) is 2.37. The fraction of sp³-hybridized carbons (Fsp3) is 0.609. The van der Waals surface area contributed by atoms with E-state index >= 15 is 0 Å². The summed E-state index contributed by atoms with van der Waals surface area (Å²) < 4.78 is 0. The third-order valence-corrected chi connectivity index (χ3v) is 6.47. The molecule has 2 heterocycles. The van der Waals surface area contributed by atoms with Gasteiger partial charge in [-0.25, -0.2) is 9.86 Å². The lowest BCUT2D eigenvalue weighted by Gasteiger charge is -2.30. The maximum atomic E-state index is 13.3. The molecule has 0 unspecified atom stereocenters. The molecule has 1 saturated carbocycles. The number of imide groups is 1. The molecule has 10 heteroatoms. The number of rotatable bonds is 10. The molecule has 3 rings (SSSR count). The van der Waals surface area contributed by atoms with Gasteiger partial charge in [0.25, 0.3) is 5.91 Å². The van der Waals surface area contributed by atoms with Gasteiger partial charge in [0.1, 0.15) is 6.04 Å². The summed E-state index contributed by atoms with van der Waals surface area (Å²) in [5.74, 6) is -0.975. The first kappa shape index (κ1) is 24.6. The lowest BCUT2D eigenvalue weighted by atomic mass is 9.91. The van der Waals surface area contributed by atoms with Crippen LogP contribution in [0, 0.1) is 11.8 Å². The molecular weight excluding hydrogens is 426 g/mol. The molecule has 0 aromatic carbocycles. The topological polar surface area (TPSA) is 132 Å². The first-order valence-electron chi connectivity index (χ1n) is 11.7. The largest absolute Gasteiger partial charge is 0.337 e. The Morgan fingerprint density at radius 3 is 2.73 bits per heavy atom. The number of nitrogens with zero attached hydrogens (tertiary/aromatic N) is 3. The predicted octanol–water partition coefficient (Wildman–Crippen LogP) is 1.49. The van der Waals surface area contributed by atoms with Crippen LogP contribution in [-0.2, 0) is 20.8 Å². The van der Waals surface area contributed by atoms with Gasteiger partial charge in [0.05, 0.1) is 12.5 Å². The van der Waals surface area contributed by atoms with Crippen molar-refractivity contribution in [2.45, 2.75) is 57.4 Å². The van der Waals surface area contributed by atoms with Crippen LogP contribution in [-0.4, -0.2) is 70.1 Å². The first-order chi connectivity index (χ1) is 16.0. The van der Waals surface area contributed by atoms with Crippen molar-refractivity contribution in [1.82, 2.24) is 25.6 Å². The van der Waals surface area contributed by atoms with E-state index in [-0.39, 0.29) is 12.5 Å². The highest BCUT2D eigenvalue weighted by Crippen LogP contribution is 2.32. The number of nitrogens with one attached hydrogen (secondary N) is 2. The summed E-state index contributed by atoms with van der Waals surface area (Å²) in [4.78, 5) is 54.7. The second-order valence-electron chi connectivity index (χ2n) is 8.86. The molecule has 1 aliphatic heterocycles. The van der Waals surface area contributed by atoms with Crippen molar-refractivity contribution in [2.75, 3.05) is 19.6 Å². The summed E-state index contributed by atoms with van der Waals surface area (Å²) in [6.07, 6.45) is 10.2. The monoisotopic (exact) mass is 459 g/mol. The minimum Gasteiger partial charge on any atom is -0.337 e. The predicted molar refractivity (Wildman–Crippen MR) is 119 cm³/mol. The smallest absolute Gasteiger partial charge is 0.321 e. The van der Waals surface area contributed by atoms with Crippen molar-refractivity contribution < 1.29 is 24.4 Å². The van der Waals surface area contributed by atoms with Gasteiger partial charge < -0.3 is 10.2 Å². The lowest BCUT2D eigenvalue weighted by Crippen LogP contribution is -2.52. The Labute approximate surface area is 193 Å². The van der Waals surface area contributed by atoms with Gasteiger partial charge in [-0.2, -0.15) is 0 Å². The molecule has 33 heavy (non-hydrogen) atoms. The normalized spacial score (nSPS) is 19.2. The van der Waals surface area contributed by atoms with Crippen LogP contribution in [0.5, 0.6) is 0 Å². The SMILES string of the molecule is O=CN(O)C[C@@H](CC1CCCC1)C(=O)N1CCC[C@H]1C(=O)NC(=O)NCCc1cccnc1. The fourth-order valence-electron chi connectivity index (χ4n) is 4.81. The van der Waals surface area contributed by atoms with Crippen molar-refractivity contribution in [3.63, 3.8) is 0 Å². The zero-order valence-electron chi connectivity index (χ0n) is 18.8. The molecule has 1 saturated heterocycles.